The zero-order valence-electron chi connectivity index (χ0n) is 18.8. The zero-order chi connectivity index (χ0) is 25.8. The molecule has 0 aliphatic heterocycles. The van der Waals surface area contributed by atoms with Gasteiger partial charge in [-0.05, 0) is 31.0 Å². The molecular weight excluding hydrogens is 494 g/mol. The van der Waals surface area contributed by atoms with Crippen LogP contribution in [-0.4, -0.2) is 73.0 Å². The third kappa shape index (κ3) is 7.41. The fourth-order valence-electron chi connectivity index (χ4n) is 3.08. The van der Waals surface area contributed by atoms with E-state index in [2.05, 4.69) is 15.6 Å². The summed E-state index contributed by atoms with van der Waals surface area (Å²) >= 11 is 0.891. The van der Waals surface area contributed by atoms with E-state index < -0.39 is 57.8 Å². The van der Waals surface area contributed by atoms with Crippen molar-refractivity contribution in [2.75, 3.05) is 17.6 Å². The van der Waals surface area contributed by atoms with Gasteiger partial charge in [-0.3, -0.25) is 9.59 Å². The Hall–Kier alpha value is -2.68. The number of anilines is 1. The molecule has 0 fully saturated rings. The molecule has 0 saturated heterocycles. The van der Waals surface area contributed by atoms with E-state index >= 15 is 0 Å². The number of aliphatic hydroxyl groups excluding tert-OH is 2. The van der Waals surface area contributed by atoms with Gasteiger partial charge >= 0.3 is 0 Å². The van der Waals surface area contributed by atoms with Crippen molar-refractivity contribution < 1.29 is 37.0 Å². The SMILES string of the molecule is CC(=O)N[C@@H](C)[C@@H](O)[C@H](O)[C@@H](Cc1cc(F)cc(F)c1)NC(=O)c1csc(N(C)S(C)(=O)=O)n1. The van der Waals surface area contributed by atoms with E-state index in [1.807, 2.05) is 0 Å². The van der Waals surface area contributed by atoms with Crippen LogP contribution >= 0.6 is 11.3 Å². The molecule has 0 aliphatic rings. The number of hydrogen-bond acceptors (Lipinski definition) is 8. The maximum atomic E-state index is 13.7. The number of nitrogens with one attached hydrogen (secondary N) is 2. The number of hydrogen-bond donors (Lipinski definition) is 4. The molecule has 4 atom stereocenters. The Kier molecular flexibility index (Phi) is 9.05. The van der Waals surface area contributed by atoms with Crippen LogP contribution in [0.15, 0.2) is 23.6 Å². The maximum absolute atomic E-state index is 13.7. The molecule has 0 aliphatic carbocycles. The van der Waals surface area contributed by atoms with E-state index in [1.165, 1.54) is 26.3 Å². The second-order valence-corrected chi connectivity index (χ2v) is 10.6. The molecule has 0 bridgehead atoms. The maximum Gasteiger partial charge on any atom is 0.271 e. The van der Waals surface area contributed by atoms with Crippen LogP contribution in [0.5, 0.6) is 0 Å². The summed E-state index contributed by atoms with van der Waals surface area (Å²) in [7, 11) is -2.35. The van der Waals surface area contributed by atoms with Gasteiger partial charge in [-0.15, -0.1) is 11.3 Å². The molecule has 4 N–H and O–H groups in total. The Morgan fingerprint density at radius 1 is 1.15 bits per heavy atom. The summed E-state index contributed by atoms with van der Waals surface area (Å²) < 4.78 is 51.6. The molecule has 188 valence electrons. The Morgan fingerprint density at radius 3 is 2.26 bits per heavy atom. The minimum absolute atomic E-state index is 0.0243. The normalized spacial score (nSPS) is 15.2. The molecule has 2 aromatic rings. The number of rotatable bonds is 10. The molecule has 0 radical (unpaired) electrons. The fourth-order valence-corrected chi connectivity index (χ4v) is 4.61. The summed E-state index contributed by atoms with van der Waals surface area (Å²) in [6, 6.07) is 0.528. The first-order valence-corrected chi connectivity index (χ1v) is 12.7. The average molecular weight is 521 g/mol. The third-order valence-corrected chi connectivity index (χ3v) is 7.09. The highest BCUT2D eigenvalue weighted by atomic mass is 32.2. The highest BCUT2D eigenvalue weighted by Crippen LogP contribution is 2.22. The van der Waals surface area contributed by atoms with Gasteiger partial charge < -0.3 is 20.8 Å². The van der Waals surface area contributed by atoms with Crippen LogP contribution in [0.4, 0.5) is 13.9 Å². The summed E-state index contributed by atoms with van der Waals surface area (Å²) in [6.07, 6.45) is -2.51. The van der Waals surface area contributed by atoms with Crippen LogP contribution < -0.4 is 14.9 Å². The largest absolute Gasteiger partial charge is 0.388 e. The number of amides is 2. The zero-order valence-corrected chi connectivity index (χ0v) is 20.5. The molecule has 34 heavy (non-hydrogen) atoms. The van der Waals surface area contributed by atoms with Gasteiger partial charge in [-0.1, -0.05) is 0 Å². The number of carbonyl (C=O) groups is 2. The first-order valence-electron chi connectivity index (χ1n) is 9.97. The Balaban J connectivity index is 2.30. The van der Waals surface area contributed by atoms with Crippen LogP contribution in [-0.2, 0) is 21.2 Å². The number of thiazole rings is 1. The van der Waals surface area contributed by atoms with E-state index in [4.69, 9.17) is 0 Å². The summed E-state index contributed by atoms with van der Waals surface area (Å²) in [5.74, 6) is -3.01. The lowest BCUT2D eigenvalue weighted by atomic mass is 9.94. The number of aromatic nitrogens is 1. The van der Waals surface area contributed by atoms with Crippen molar-refractivity contribution in [1.82, 2.24) is 15.6 Å². The smallest absolute Gasteiger partial charge is 0.271 e. The van der Waals surface area contributed by atoms with Gasteiger partial charge in [0.05, 0.1) is 18.3 Å². The Labute approximate surface area is 199 Å². The number of benzene rings is 1. The number of sulfonamides is 1. The minimum atomic E-state index is -3.61. The highest BCUT2D eigenvalue weighted by molar-refractivity contribution is 7.92. The van der Waals surface area contributed by atoms with E-state index in [9.17, 15) is 37.0 Å². The molecule has 0 unspecified atom stereocenters. The lowest BCUT2D eigenvalue weighted by molar-refractivity contribution is -0.121. The van der Waals surface area contributed by atoms with Crippen molar-refractivity contribution in [3.63, 3.8) is 0 Å². The van der Waals surface area contributed by atoms with Gasteiger partial charge in [0.25, 0.3) is 5.91 Å². The number of nitrogens with zero attached hydrogens (tertiary/aromatic N) is 2. The van der Waals surface area contributed by atoms with Crippen molar-refractivity contribution in [2.24, 2.45) is 0 Å². The van der Waals surface area contributed by atoms with Gasteiger partial charge in [0.2, 0.25) is 15.9 Å². The van der Waals surface area contributed by atoms with Gasteiger partial charge in [-0.25, -0.2) is 26.5 Å². The molecule has 1 heterocycles. The van der Waals surface area contributed by atoms with Crippen LogP contribution in [0, 0.1) is 11.6 Å². The number of halogens is 2. The molecule has 1 aromatic heterocycles. The van der Waals surface area contributed by atoms with E-state index in [0.717, 1.165) is 34.0 Å². The van der Waals surface area contributed by atoms with Crippen molar-refractivity contribution in [3.05, 3.63) is 46.5 Å². The first kappa shape index (κ1) is 27.6. The van der Waals surface area contributed by atoms with Crippen LogP contribution in [0.2, 0.25) is 0 Å². The number of aliphatic hydroxyl groups is 2. The van der Waals surface area contributed by atoms with Crippen molar-refractivity contribution in [2.45, 2.75) is 44.6 Å². The minimum Gasteiger partial charge on any atom is -0.388 e. The standard InChI is InChI=1S/C20H26F2N4O6S2/c1-10(23-11(2)27)17(28)18(29)15(7-12-5-13(21)8-14(22)6-12)24-19(30)16-9-33-20(25-16)26(3)34(4,31)32/h5-6,8-10,15,17-18,28-29H,7H2,1-4H3,(H,23,27)(H,24,30)/t10-,15+,17+,18+/m0/s1. The molecule has 1 aromatic carbocycles. The molecule has 2 rings (SSSR count). The predicted molar refractivity (Wildman–Crippen MR) is 122 cm³/mol. The quantitative estimate of drug-likeness (QED) is 0.354. The van der Waals surface area contributed by atoms with Gasteiger partial charge in [0, 0.05) is 25.4 Å². The average Bonchev–Trinajstić information content (AvgIpc) is 3.19. The molecular formula is C20H26F2N4O6S2. The topological polar surface area (TPSA) is 149 Å². The second kappa shape index (κ2) is 11.2. The molecule has 14 heteroatoms. The highest BCUT2D eigenvalue weighted by Gasteiger charge is 2.33. The van der Waals surface area contributed by atoms with Crippen molar-refractivity contribution in [3.8, 4) is 0 Å². The van der Waals surface area contributed by atoms with E-state index in [-0.39, 0.29) is 22.8 Å². The Morgan fingerprint density at radius 2 is 1.74 bits per heavy atom. The van der Waals surface area contributed by atoms with Gasteiger partial charge in [-0.2, -0.15) is 0 Å². The molecule has 0 saturated carbocycles. The van der Waals surface area contributed by atoms with Gasteiger partial charge in [0.1, 0.15) is 29.5 Å². The van der Waals surface area contributed by atoms with E-state index in [0.29, 0.717) is 6.07 Å². The second-order valence-electron chi connectivity index (χ2n) is 7.78. The Bertz CT molecular complexity index is 1120. The van der Waals surface area contributed by atoms with E-state index in [1.54, 1.807) is 0 Å². The summed E-state index contributed by atoms with van der Waals surface area (Å²) in [5.41, 5.74) is -0.0699. The van der Waals surface area contributed by atoms with Crippen LogP contribution in [0.1, 0.15) is 29.9 Å². The first-order chi connectivity index (χ1) is 15.7. The summed E-state index contributed by atoms with van der Waals surface area (Å²) in [5, 5.41) is 27.5. The predicted octanol–water partition coefficient (Wildman–Crippen LogP) is 0.405. The molecule has 2 amide bonds. The van der Waals surface area contributed by atoms with Crippen LogP contribution in [0.3, 0.4) is 0 Å². The monoisotopic (exact) mass is 520 g/mol. The molecule has 0 spiro atoms. The van der Waals surface area contributed by atoms with Crippen LogP contribution in [0.25, 0.3) is 0 Å². The lowest BCUT2D eigenvalue weighted by Crippen LogP contribution is -2.55. The third-order valence-electron chi connectivity index (χ3n) is 4.89. The summed E-state index contributed by atoms with van der Waals surface area (Å²) in [4.78, 5) is 28.1. The number of carbonyl (C=O) groups excluding carboxylic acids is 2. The van der Waals surface area contributed by atoms with Crippen molar-refractivity contribution >= 4 is 38.3 Å². The lowest BCUT2D eigenvalue weighted by Gasteiger charge is -2.31. The fraction of sp³-hybridized carbons (Fsp3) is 0.450. The van der Waals surface area contributed by atoms with Crippen molar-refractivity contribution in [1.29, 1.82) is 0 Å². The summed E-state index contributed by atoms with van der Waals surface area (Å²) in [6.45, 7) is 2.65. The molecule has 10 nitrogen and oxygen atoms in total. The van der Waals surface area contributed by atoms with Gasteiger partial charge in [0.15, 0.2) is 5.13 Å².